The number of carbonyl (C=O) groups is 1. The van der Waals surface area contributed by atoms with Gasteiger partial charge in [-0.25, -0.2) is 9.97 Å². The number of para-hydroxylation sites is 1. The summed E-state index contributed by atoms with van der Waals surface area (Å²) in [5, 5.41) is 2.94. The lowest BCUT2D eigenvalue weighted by Crippen LogP contribution is -2.41. The molecular weight excluding hydrogens is 336 g/mol. The molecule has 1 N–H and O–H groups in total. The van der Waals surface area contributed by atoms with Crippen LogP contribution in [0.2, 0.25) is 0 Å². The second-order valence-corrected chi connectivity index (χ2v) is 7.37. The molecule has 2 aromatic carbocycles. The molecule has 0 unspecified atom stereocenters. The summed E-state index contributed by atoms with van der Waals surface area (Å²) < 4.78 is 0. The van der Waals surface area contributed by atoms with Crippen LogP contribution in [0.1, 0.15) is 36.8 Å². The van der Waals surface area contributed by atoms with E-state index in [4.69, 9.17) is 0 Å². The van der Waals surface area contributed by atoms with Crippen LogP contribution >= 0.6 is 0 Å². The van der Waals surface area contributed by atoms with Crippen LogP contribution in [0.4, 0.5) is 11.5 Å². The Labute approximate surface area is 160 Å². The number of carbonyl (C=O) groups excluding carboxylic acids is 1. The Hall–Kier alpha value is -3.21. The molecule has 0 aliphatic carbocycles. The van der Waals surface area contributed by atoms with E-state index in [0.29, 0.717) is 18.1 Å². The van der Waals surface area contributed by atoms with E-state index < -0.39 is 0 Å². The number of amides is 1. The maximum atomic E-state index is 12.5. The number of benzene rings is 2. The maximum Gasteiger partial charge on any atom is 0.270 e. The molecule has 0 atom stereocenters. The fourth-order valence-electron chi connectivity index (χ4n) is 2.70. The third-order valence-electron chi connectivity index (χ3n) is 3.90. The van der Waals surface area contributed by atoms with Crippen molar-refractivity contribution in [1.82, 2.24) is 15.3 Å². The van der Waals surface area contributed by atoms with Crippen molar-refractivity contribution < 1.29 is 4.79 Å². The Kier molecular flexibility index (Phi) is 5.50. The summed E-state index contributed by atoms with van der Waals surface area (Å²) in [5.41, 5.74) is 2.18. The maximum absolute atomic E-state index is 12.5. The van der Waals surface area contributed by atoms with E-state index in [1.807, 2.05) is 69.3 Å². The normalized spacial score (nSPS) is 11.1. The van der Waals surface area contributed by atoms with Crippen molar-refractivity contribution in [1.29, 1.82) is 0 Å². The van der Waals surface area contributed by atoms with Crippen LogP contribution in [-0.4, -0.2) is 21.4 Å². The fraction of sp³-hybridized carbons (Fsp3) is 0.227. The molecule has 1 amide bonds. The van der Waals surface area contributed by atoms with Gasteiger partial charge in [0.2, 0.25) is 0 Å². The Morgan fingerprint density at radius 3 is 2.22 bits per heavy atom. The number of aromatic nitrogens is 2. The molecule has 0 saturated heterocycles. The standard InChI is InChI=1S/C22H24N4O/c1-22(2,3)25-21(27)19-14-20(24-16-23-19)26(18-12-8-5-9-13-18)15-17-10-6-4-7-11-17/h4-14,16H,15H2,1-3H3,(H,25,27). The van der Waals surface area contributed by atoms with Crippen molar-refractivity contribution in [3.05, 3.63) is 84.3 Å². The lowest BCUT2D eigenvalue weighted by atomic mass is 10.1. The Bertz CT molecular complexity index is 889. The molecule has 27 heavy (non-hydrogen) atoms. The molecule has 0 fully saturated rings. The minimum Gasteiger partial charge on any atom is -0.346 e. The molecule has 0 saturated carbocycles. The van der Waals surface area contributed by atoms with E-state index in [0.717, 1.165) is 11.3 Å². The molecule has 3 aromatic rings. The zero-order valence-electron chi connectivity index (χ0n) is 15.9. The number of hydrogen-bond acceptors (Lipinski definition) is 4. The van der Waals surface area contributed by atoms with Crippen LogP contribution in [0.15, 0.2) is 73.1 Å². The molecule has 0 aliphatic heterocycles. The van der Waals surface area contributed by atoms with Crippen LogP contribution in [-0.2, 0) is 6.54 Å². The van der Waals surface area contributed by atoms with E-state index in [1.54, 1.807) is 6.07 Å². The van der Waals surface area contributed by atoms with Crippen LogP contribution in [0.3, 0.4) is 0 Å². The molecular formula is C22H24N4O. The van der Waals surface area contributed by atoms with Gasteiger partial charge in [-0.05, 0) is 38.5 Å². The summed E-state index contributed by atoms with van der Waals surface area (Å²) in [6.45, 7) is 6.47. The molecule has 0 aliphatic rings. The predicted molar refractivity (Wildman–Crippen MR) is 108 cm³/mol. The van der Waals surface area contributed by atoms with Crippen LogP contribution in [0.25, 0.3) is 0 Å². The number of nitrogens with one attached hydrogen (secondary N) is 1. The zero-order chi connectivity index (χ0) is 19.3. The highest BCUT2D eigenvalue weighted by Gasteiger charge is 2.19. The van der Waals surface area contributed by atoms with Crippen molar-refractivity contribution in [2.75, 3.05) is 4.90 Å². The first-order valence-electron chi connectivity index (χ1n) is 8.93. The van der Waals surface area contributed by atoms with Gasteiger partial charge >= 0.3 is 0 Å². The van der Waals surface area contributed by atoms with Crippen LogP contribution < -0.4 is 10.2 Å². The molecule has 0 spiro atoms. The van der Waals surface area contributed by atoms with E-state index in [9.17, 15) is 4.79 Å². The molecule has 5 heteroatoms. The molecule has 3 rings (SSSR count). The largest absolute Gasteiger partial charge is 0.346 e. The van der Waals surface area contributed by atoms with Gasteiger partial charge in [-0.1, -0.05) is 48.5 Å². The highest BCUT2D eigenvalue weighted by Crippen LogP contribution is 2.26. The van der Waals surface area contributed by atoms with Gasteiger partial charge in [-0.2, -0.15) is 0 Å². The molecule has 138 valence electrons. The Morgan fingerprint density at radius 1 is 0.963 bits per heavy atom. The average Bonchev–Trinajstić information content (AvgIpc) is 2.66. The summed E-state index contributed by atoms with van der Waals surface area (Å²) in [6, 6.07) is 21.9. The van der Waals surface area contributed by atoms with Gasteiger partial charge in [0, 0.05) is 23.8 Å². The first-order valence-corrected chi connectivity index (χ1v) is 8.93. The molecule has 1 heterocycles. The van der Waals surface area contributed by atoms with E-state index >= 15 is 0 Å². The summed E-state index contributed by atoms with van der Waals surface area (Å²) in [7, 11) is 0. The summed E-state index contributed by atoms with van der Waals surface area (Å²) in [5.74, 6) is 0.470. The smallest absolute Gasteiger partial charge is 0.270 e. The van der Waals surface area contributed by atoms with Gasteiger partial charge in [0.25, 0.3) is 5.91 Å². The average molecular weight is 360 g/mol. The minimum absolute atomic E-state index is 0.209. The third-order valence-corrected chi connectivity index (χ3v) is 3.90. The van der Waals surface area contributed by atoms with Gasteiger partial charge in [0.15, 0.2) is 0 Å². The summed E-state index contributed by atoms with van der Waals surface area (Å²) in [4.78, 5) is 23.2. The van der Waals surface area contributed by atoms with Gasteiger partial charge in [-0.15, -0.1) is 0 Å². The van der Waals surface area contributed by atoms with E-state index in [1.165, 1.54) is 6.33 Å². The molecule has 1 aromatic heterocycles. The van der Waals surface area contributed by atoms with E-state index in [-0.39, 0.29) is 11.4 Å². The van der Waals surface area contributed by atoms with Crippen molar-refractivity contribution in [3.8, 4) is 0 Å². The quantitative estimate of drug-likeness (QED) is 0.735. The van der Waals surface area contributed by atoms with Crippen molar-refractivity contribution in [3.63, 3.8) is 0 Å². The lowest BCUT2D eigenvalue weighted by molar-refractivity contribution is 0.0914. The second-order valence-electron chi connectivity index (χ2n) is 7.37. The molecule has 5 nitrogen and oxygen atoms in total. The molecule has 0 radical (unpaired) electrons. The van der Waals surface area contributed by atoms with Crippen LogP contribution in [0.5, 0.6) is 0 Å². The van der Waals surface area contributed by atoms with Gasteiger partial charge < -0.3 is 10.2 Å². The monoisotopic (exact) mass is 360 g/mol. The van der Waals surface area contributed by atoms with Gasteiger partial charge in [0.1, 0.15) is 17.8 Å². The zero-order valence-corrected chi connectivity index (χ0v) is 15.9. The first kappa shape index (κ1) is 18.6. The van der Waals surface area contributed by atoms with Gasteiger partial charge in [-0.3, -0.25) is 4.79 Å². The van der Waals surface area contributed by atoms with Crippen molar-refractivity contribution >= 4 is 17.4 Å². The Morgan fingerprint density at radius 2 is 1.59 bits per heavy atom. The number of nitrogens with zero attached hydrogens (tertiary/aromatic N) is 3. The summed E-state index contributed by atoms with van der Waals surface area (Å²) >= 11 is 0. The van der Waals surface area contributed by atoms with Crippen molar-refractivity contribution in [2.45, 2.75) is 32.9 Å². The summed E-state index contributed by atoms with van der Waals surface area (Å²) in [6.07, 6.45) is 1.44. The highest BCUT2D eigenvalue weighted by molar-refractivity contribution is 5.93. The number of anilines is 2. The Balaban J connectivity index is 1.95. The van der Waals surface area contributed by atoms with Crippen molar-refractivity contribution in [2.24, 2.45) is 0 Å². The van der Waals surface area contributed by atoms with Crippen LogP contribution in [0, 0.1) is 0 Å². The predicted octanol–water partition coefficient (Wildman–Crippen LogP) is 4.34. The fourth-order valence-corrected chi connectivity index (χ4v) is 2.70. The first-order chi connectivity index (χ1) is 12.9. The van der Waals surface area contributed by atoms with E-state index in [2.05, 4.69) is 32.3 Å². The highest BCUT2D eigenvalue weighted by atomic mass is 16.2. The SMILES string of the molecule is CC(C)(C)NC(=O)c1cc(N(Cc2ccccc2)c2ccccc2)ncn1. The third kappa shape index (κ3) is 5.14. The topological polar surface area (TPSA) is 58.1 Å². The lowest BCUT2D eigenvalue weighted by Gasteiger charge is -2.25. The number of rotatable bonds is 5. The number of hydrogen-bond donors (Lipinski definition) is 1. The van der Waals surface area contributed by atoms with Gasteiger partial charge in [0.05, 0.1) is 0 Å². The second kappa shape index (κ2) is 7.99. The molecule has 0 bridgehead atoms. The minimum atomic E-state index is -0.328.